The van der Waals surface area contributed by atoms with E-state index in [1.807, 2.05) is 12.1 Å². The summed E-state index contributed by atoms with van der Waals surface area (Å²) in [5.41, 5.74) is 2.13. The SMILES string of the molecule is CN(c1ccc(Cl)cc1C#N)C1CCC(C)(C)CC1. The Morgan fingerprint density at radius 1 is 1.32 bits per heavy atom. The van der Waals surface area contributed by atoms with Crippen molar-refractivity contribution in [3.05, 3.63) is 28.8 Å². The Kier molecular flexibility index (Phi) is 4.06. The van der Waals surface area contributed by atoms with Gasteiger partial charge in [0.2, 0.25) is 0 Å². The monoisotopic (exact) mass is 276 g/mol. The van der Waals surface area contributed by atoms with Crippen LogP contribution < -0.4 is 4.90 Å². The first-order valence-corrected chi connectivity index (χ1v) is 7.23. The number of nitriles is 1. The summed E-state index contributed by atoms with van der Waals surface area (Å²) in [4.78, 5) is 2.25. The molecular weight excluding hydrogens is 256 g/mol. The van der Waals surface area contributed by atoms with Crippen LogP contribution in [-0.4, -0.2) is 13.1 Å². The third-order valence-corrected chi connectivity index (χ3v) is 4.55. The fourth-order valence-corrected chi connectivity index (χ4v) is 3.05. The van der Waals surface area contributed by atoms with Crippen LogP contribution in [0, 0.1) is 16.7 Å². The van der Waals surface area contributed by atoms with Crippen LogP contribution in [0.4, 0.5) is 5.69 Å². The van der Waals surface area contributed by atoms with Crippen molar-refractivity contribution >= 4 is 17.3 Å². The van der Waals surface area contributed by atoms with Crippen molar-refractivity contribution in [3.63, 3.8) is 0 Å². The molecule has 0 aliphatic heterocycles. The minimum Gasteiger partial charge on any atom is -0.371 e. The van der Waals surface area contributed by atoms with Crippen LogP contribution >= 0.6 is 11.6 Å². The van der Waals surface area contributed by atoms with Crippen LogP contribution in [0.3, 0.4) is 0 Å². The fourth-order valence-electron chi connectivity index (χ4n) is 2.87. The van der Waals surface area contributed by atoms with E-state index in [4.69, 9.17) is 11.6 Å². The quantitative estimate of drug-likeness (QED) is 0.788. The van der Waals surface area contributed by atoms with Crippen LogP contribution in [-0.2, 0) is 0 Å². The Morgan fingerprint density at radius 3 is 2.53 bits per heavy atom. The molecule has 3 heteroatoms. The molecule has 0 aromatic heterocycles. The van der Waals surface area contributed by atoms with Crippen LogP contribution in [0.5, 0.6) is 0 Å². The number of rotatable bonds is 2. The number of hydrogen-bond donors (Lipinski definition) is 0. The van der Waals surface area contributed by atoms with Crippen LogP contribution in [0.1, 0.15) is 45.1 Å². The second-order valence-electron chi connectivity index (χ2n) is 6.28. The molecule has 1 saturated carbocycles. The average Bonchev–Trinajstić information content (AvgIpc) is 2.37. The number of anilines is 1. The van der Waals surface area contributed by atoms with Gasteiger partial charge in [-0.25, -0.2) is 0 Å². The molecule has 1 aliphatic carbocycles. The Hall–Kier alpha value is -1.20. The molecule has 0 spiro atoms. The highest BCUT2D eigenvalue weighted by Gasteiger charge is 2.29. The molecule has 0 N–H and O–H groups in total. The second-order valence-corrected chi connectivity index (χ2v) is 6.72. The van der Waals surface area contributed by atoms with E-state index in [1.165, 1.54) is 25.7 Å². The van der Waals surface area contributed by atoms with Gasteiger partial charge in [0.05, 0.1) is 11.3 Å². The number of halogens is 1. The third kappa shape index (κ3) is 3.22. The van der Waals surface area contributed by atoms with E-state index in [2.05, 4.69) is 31.9 Å². The maximum absolute atomic E-state index is 9.24. The molecule has 1 fully saturated rings. The van der Waals surface area contributed by atoms with E-state index < -0.39 is 0 Å². The first-order chi connectivity index (χ1) is 8.93. The minimum atomic E-state index is 0.468. The number of hydrogen-bond acceptors (Lipinski definition) is 2. The maximum Gasteiger partial charge on any atom is 0.101 e. The van der Waals surface area contributed by atoms with Crippen LogP contribution in [0.25, 0.3) is 0 Å². The van der Waals surface area contributed by atoms with Crippen LogP contribution in [0.15, 0.2) is 18.2 Å². The summed E-state index contributed by atoms with van der Waals surface area (Å²) in [6, 6.07) is 8.35. The van der Waals surface area contributed by atoms with E-state index in [0.29, 0.717) is 22.0 Å². The Balaban J connectivity index is 2.17. The molecule has 0 heterocycles. The number of benzene rings is 1. The maximum atomic E-state index is 9.24. The third-order valence-electron chi connectivity index (χ3n) is 4.32. The van der Waals surface area contributed by atoms with Crippen LogP contribution in [0.2, 0.25) is 5.02 Å². The zero-order valence-corrected chi connectivity index (χ0v) is 12.7. The fraction of sp³-hybridized carbons (Fsp3) is 0.562. The largest absolute Gasteiger partial charge is 0.371 e. The van der Waals surface area contributed by atoms with E-state index in [1.54, 1.807) is 6.07 Å². The normalized spacial score (nSPS) is 18.9. The second kappa shape index (κ2) is 5.43. The molecular formula is C16H21ClN2. The summed E-state index contributed by atoms with van der Waals surface area (Å²) in [5.74, 6) is 0. The Bertz CT molecular complexity index is 492. The van der Waals surface area contributed by atoms with Crippen molar-refractivity contribution in [3.8, 4) is 6.07 Å². The summed E-state index contributed by atoms with van der Waals surface area (Å²) in [5, 5.41) is 9.86. The first kappa shape index (κ1) is 14.2. The zero-order valence-electron chi connectivity index (χ0n) is 11.9. The van der Waals surface area contributed by atoms with E-state index in [0.717, 1.165) is 5.69 Å². The van der Waals surface area contributed by atoms with Gasteiger partial charge in [-0.15, -0.1) is 0 Å². The standard InChI is InChI=1S/C16H21ClN2/c1-16(2)8-6-14(7-9-16)19(3)15-5-4-13(17)10-12(15)11-18/h4-5,10,14H,6-9H2,1-3H3. The summed E-state index contributed by atoms with van der Waals surface area (Å²) in [6.07, 6.45) is 4.88. The van der Waals surface area contributed by atoms with Crippen molar-refractivity contribution < 1.29 is 0 Å². The van der Waals surface area contributed by atoms with Gasteiger partial charge in [-0.3, -0.25) is 0 Å². The molecule has 0 bridgehead atoms. The molecule has 0 radical (unpaired) electrons. The smallest absolute Gasteiger partial charge is 0.101 e. The van der Waals surface area contributed by atoms with E-state index in [-0.39, 0.29) is 0 Å². The van der Waals surface area contributed by atoms with Gasteiger partial charge in [0, 0.05) is 18.1 Å². The molecule has 0 unspecified atom stereocenters. The first-order valence-electron chi connectivity index (χ1n) is 6.85. The van der Waals surface area contributed by atoms with Gasteiger partial charge in [-0.1, -0.05) is 25.4 Å². The molecule has 0 saturated heterocycles. The Labute approximate surface area is 121 Å². The van der Waals surface area contributed by atoms with Gasteiger partial charge in [0.15, 0.2) is 0 Å². The van der Waals surface area contributed by atoms with Gasteiger partial charge in [-0.2, -0.15) is 5.26 Å². The van der Waals surface area contributed by atoms with Gasteiger partial charge >= 0.3 is 0 Å². The predicted octanol–water partition coefficient (Wildman–Crippen LogP) is 4.62. The van der Waals surface area contributed by atoms with Crippen molar-refractivity contribution in [1.29, 1.82) is 5.26 Å². The average molecular weight is 277 g/mol. The molecule has 2 rings (SSSR count). The molecule has 1 aliphatic rings. The molecule has 1 aromatic rings. The van der Waals surface area contributed by atoms with Crippen molar-refractivity contribution in [2.45, 2.75) is 45.6 Å². The molecule has 2 nitrogen and oxygen atoms in total. The minimum absolute atomic E-state index is 0.468. The highest BCUT2D eigenvalue weighted by Crippen LogP contribution is 2.38. The molecule has 0 atom stereocenters. The lowest BCUT2D eigenvalue weighted by atomic mass is 9.75. The van der Waals surface area contributed by atoms with Gasteiger partial charge in [0.1, 0.15) is 6.07 Å². The highest BCUT2D eigenvalue weighted by atomic mass is 35.5. The van der Waals surface area contributed by atoms with Crippen molar-refractivity contribution in [2.75, 3.05) is 11.9 Å². The van der Waals surface area contributed by atoms with Crippen molar-refractivity contribution in [2.24, 2.45) is 5.41 Å². The lowest BCUT2D eigenvalue weighted by molar-refractivity contribution is 0.222. The summed E-state index contributed by atoms with van der Waals surface area (Å²) in [7, 11) is 2.09. The molecule has 0 amide bonds. The predicted molar refractivity (Wildman–Crippen MR) is 80.6 cm³/mol. The van der Waals surface area contributed by atoms with E-state index >= 15 is 0 Å². The van der Waals surface area contributed by atoms with Gasteiger partial charge < -0.3 is 4.90 Å². The molecule has 102 valence electrons. The van der Waals surface area contributed by atoms with Gasteiger partial charge in [0.25, 0.3) is 0 Å². The lowest BCUT2D eigenvalue weighted by Crippen LogP contribution is -2.37. The van der Waals surface area contributed by atoms with E-state index in [9.17, 15) is 5.26 Å². The summed E-state index contributed by atoms with van der Waals surface area (Å²) in [6.45, 7) is 4.68. The topological polar surface area (TPSA) is 27.0 Å². The highest BCUT2D eigenvalue weighted by molar-refractivity contribution is 6.30. The summed E-state index contributed by atoms with van der Waals surface area (Å²) >= 11 is 5.95. The Morgan fingerprint density at radius 2 is 1.95 bits per heavy atom. The molecule has 19 heavy (non-hydrogen) atoms. The van der Waals surface area contributed by atoms with Gasteiger partial charge in [-0.05, 0) is 49.3 Å². The van der Waals surface area contributed by atoms with Crippen molar-refractivity contribution in [1.82, 2.24) is 0 Å². The summed E-state index contributed by atoms with van der Waals surface area (Å²) < 4.78 is 0. The lowest BCUT2D eigenvalue weighted by Gasteiger charge is -2.39. The molecule has 1 aromatic carbocycles. The zero-order chi connectivity index (χ0) is 14.0. The number of nitrogens with zero attached hydrogens (tertiary/aromatic N) is 2.